The van der Waals surface area contributed by atoms with E-state index in [0.29, 0.717) is 28.5 Å². The number of aryl methyl sites for hydroxylation is 2. The average Bonchev–Trinajstić information content (AvgIpc) is 3.06. The minimum absolute atomic E-state index is 0.205. The maximum Gasteiger partial charge on any atom is 0.251 e. The van der Waals surface area contributed by atoms with Gasteiger partial charge in [0.05, 0.1) is 17.3 Å². The maximum atomic E-state index is 14.3. The molecule has 1 heterocycles. The molecular weight excluding hydrogens is 421 g/mol. The molecule has 0 aliphatic carbocycles. The summed E-state index contributed by atoms with van der Waals surface area (Å²) < 4.78 is 25.2. The Labute approximate surface area is 185 Å². The summed E-state index contributed by atoms with van der Waals surface area (Å²) in [7, 11) is 3.62. The molecule has 0 unspecified atom stereocenters. The first kappa shape index (κ1) is 22.8. The smallest absolute Gasteiger partial charge is 0.251 e. The fourth-order valence-electron chi connectivity index (χ4n) is 3.23. The van der Waals surface area contributed by atoms with E-state index in [1.54, 1.807) is 36.4 Å². The molecule has 0 saturated carbocycles. The zero-order chi connectivity index (χ0) is 22.5. The van der Waals surface area contributed by atoms with Crippen molar-refractivity contribution in [3.63, 3.8) is 0 Å². The van der Waals surface area contributed by atoms with E-state index in [9.17, 15) is 9.18 Å². The Morgan fingerprint density at radius 2 is 1.94 bits per heavy atom. The number of nitrogens with one attached hydrogen (secondary N) is 1. The number of benzene rings is 2. The quantitative estimate of drug-likeness (QED) is 0.544. The van der Waals surface area contributed by atoms with Gasteiger partial charge in [0.1, 0.15) is 23.9 Å². The molecule has 0 radical (unpaired) electrons. The van der Waals surface area contributed by atoms with Gasteiger partial charge in [-0.25, -0.2) is 4.39 Å². The highest BCUT2D eigenvalue weighted by Gasteiger charge is 2.22. The van der Waals surface area contributed by atoms with Crippen LogP contribution in [0.3, 0.4) is 0 Å². The molecule has 31 heavy (non-hydrogen) atoms. The van der Waals surface area contributed by atoms with Gasteiger partial charge in [-0.3, -0.25) is 4.79 Å². The van der Waals surface area contributed by atoms with Crippen LogP contribution in [0, 0.1) is 19.7 Å². The van der Waals surface area contributed by atoms with E-state index in [4.69, 9.17) is 20.9 Å². The largest absolute Gasteiger partial charge is 0.489 e. The van der Waals surface area contributed by atoms with Gasteiger partial charge in [0.15, 0.2) is 0 Å². The van der Waals surface area contributed by atoms with E-state index in [1.165, 1.54) is 6.07 Å². The number of hydrogen-bond donors (Lipinski definition) is 1. The van der Waals surface area contributed by atoms with E-state index in [1.807, 2.05) is 32.8 Å². The van der Waals surface area contributed by atoms with Crippen LogP contribution in [0.1, 0.15) is 39.0 Å². The fourth-order valence-corrected chi connectivity index (χ4v) is 3.52. The van der Waals surface area contributed by atoms with Gasteiger partial charge in [-0.1, -0.05) is 22.8 Å². The zero-order valence-corrected chi connectivity index (χ0v) is 18.7. The third kappa shape index (κ3) is 5.42. The molecule has 0 bridgehead atoms. The van der Waals surface area contributed by atoms with Crippen LogP contribution in [0.2, 0.25) is 5.02 Å². The number of aromatic nitrogens is 1. The second-order valence-corrected chi connectivity index (χ2v) is 7.85. The Morgan fingerprint density at radius 1 is 1.23 bits per heavy atom. The summed E-state index contributed by atoms with van der Waals surface area (Å²) in [5.74, 6) is 0.677. The first-order valence-corrected chi connectivity index (χ1v) is 10.2. The van der Waals surface area contributed by atoms with Gasteiger partial charge in [0.2, 0.25) is 0 Å². The molecule has 1 aromatic heterocycles. The van der Waals surface area contributed by atoms with Crippen LogP contribution in [-0.4, -0.2) is 36.6 Å². The van der Waals surface area contributed by atoms with Crippen LogP contribution in [-0.2, 0) is 6.61 Å². The molecule has 8 heteroatoms. The lowest BCUT2D eigenvalue weighted by Gasteiger charge is -2.26. The molecule has 0 spiro atoms. The highest BCUT2D eigenvalue weighted by atomic mass is 35.5. The molecular formula is C23H25ClFN3O3. The fraction of sp³-hybridized carbons (Fsp3) is 0.304. The second-order valence-electron chi connectivity index (χ2n) is 7.44. The molecule has 3 rings (SSSR count). The van der Waals surface area contributed by atoms with Gasteiger partial charge >= 0.3 is 0 Å². The zero-order valence-electron chi connectivity index (χ0n) is 17.9. The molecule has 164 valence electrons. The molecule has 3 aromatic rings. The van der Waals surface area contributed by atoms with Gasteiger partial charge in [-0.05, 0) is 64.3 Å². The lowest BCUT2D eigenvalue weighted by atomic mass is 10.0. The van der Waals surface area contributed by atoms with Crippen molar-refractivity contribution in [1.82, 2.24) is 15.4 Å². The van der Waals surface area contributed by atoms with Gasteiger partial charge in [0.25, 0.3) is 5.91 Å². The number of likely N-dealkylation sites (N-methyl/N-ethyl adjacent to an activating group) is 1. The van der Waals surface area contributed by atoms with Gasteiger partial charge in [-0.15, -0.1) is 0 Å². The van der Waals surface area contributed by atoms with E-state index in [0.717, 1.165) is 17.0 Å². The second kappa shape index (κ2) is 9.94. The number of ether oxygens (including phenoxy) is 1. The predicted octanol–water partition coefficient (Wildman–Crippen LogP) is 4.70. The van der Waals surface area contributed by atoms with E-state index < -0.39 is 11.9 Å². The highest BCUT2D eigenvalue weighted by Crippen LogP contribution is 2.28. The summed E-state index contributed by atoms with van der Waals surface area (Å²) in [4.78, 5) is 14.4. The first-order chi connectivity index (χ1) is 14.8. The summed E-state index contributed by atoms with van der Waals surface area (Å²) >= 11 is 6.20. The number of rotatable bonds is 8. The molecule has 6 nitrogen and oxygen atoms in total. The van der Waals surface area contributed by atoms with Crippen molar-refractivity contribution in [2.45, 2.75) is 26.5 Å². The summed E-state index contributed by atoms with van der Waals surface area (Å²) in [6.07, 6.45) is 0. The molecule has 1 amide bonds. The Hall–Kier alpha value is -2.90. The van der Waals surface area contributed by atoms with Gasteiger partial charge in [-0.2, -0.15) is 0 Å². The third-order valence-electron chi connectivity index (χ3n) is 5.09. The molecule has 0 saturated heterocycles. The Kier molecular flexibility index (Phi) is 7.30. The van der Waals surface area contributed by atoms with Crippen molar-refractivity contribution in [2.75, 3.05) is 20.6 Å². The number of carbonyl (C=O) groups excluding carboxylic acids is 1. The van der Waals surface area contributed by atoms with Crippen molar-refractivity contribution in [1.29, 1.82) is 0 Å². The van der Waals surface area contributed by atoms with E-state index >= 15 is 0 Å². The van der Waals surface area contributed by atoms with Crippen LogP contribution >= 0.6 is 11.6 Å². The van der Waals surface area contributed by atoms with E-state index in [-0.39, 0.29) is 12.5 Å². The molecule has 0 aliphatic rings. The van der Waals surface area contributed by atoms with Crippen molar-refractivity contribution < 1.29 is 18.4 Å². The van der Waals surface area contributed by atoms with Gasteiger partial charge in [0, 0.05) is 22.7 Å². The normalized spacial score (nSPS) is 12.1. The minimum atomic E-state index is -0.407. The van der Waals surface area contributed by atoms with Crippen LogP contribution in [0.15, 0.2) is 47.0 Å². The number of hydrogen-bond acceptors (Lipinski definition) is 5. The minimum Gasteiger partial charge on any atom is -0.489 e. The SMILES string of the molecule is Cc1noc(C)c1COc1ccc(C(=O)NC[C@H](c2c(F)cccc2Cl)N(C)C)cc1. The summed E-state index contributed by atoms with van der Waals surface area (Å²) in [5.41, 5.74) is 2.53. The van der Waals surface area contributed by atoms with Crippen molar-refractivity contribution in [3.05, 3.63) is 81.4 Å². The van der Waals surface area contributed by atoms with Crippen molar-refractivity contribution in [2.24, 2.45) is 0 Å². The maximum absolute atomic E-state index is 14.3. The van der Waals surface area contributed by atoms with Crippen LogP contribution in [0.25, 0.3) is 0 Å². The Bertz CT molecular complexity index is 1010. The standard InChI is InChI=1S/C23H25ClFN3O3/c1-14-18(15(2)31-27-14)13-30-17-10-8-16(9-11-17)23(29)26-12-21(28(3)4)22-19(24)6-5-7-20(22)25/h5-11,21H,12-13H2,1-4H3,(H,26,29)/t21-/m1/s1. The van der Waals surface area contributed by atoms with Crippen LogP contribution < -0.4 is 10.1 Å². The highest BCUT2D eigenvalue weighted by molar-refractivity contribution is 6.31. The third-order valence-corrected chi connectivity index (χ3v) is 5.42. The Balaban J connectivity index is 1.62. The number of nitrogens with zero attached hydrogens (tertiary/aromatic N) is 2. The monoisotopic (exact) mass is 445 g/mol. The summed E-state index contributed by atoms with van der Waals surface area (Å²) in [6.45, 7) is 4.23. The molecule has 2 aromatic carbocycles. The van der Waals surface area contributed by atoms with Crippen LogP contribution in [0.4, 0.5) is 4.39 Å². The van der Waals surface area contributed by atoms with Crippen molar-refractivity contribution in [3.8, 4) is 5.75 Å². The number of amides is 1. The molecule has 1 atom stereocenters. The molecule has 0 fully saturated rings. The van der Waals surface area contributed by atoms with Gasteiger partial charge < -0.3 is 19.5 Å². The first-order valence-electron chi connectivity index (χ1n) is 9.81. The van der Waals surface area contributed by atoms with Crippen LogP contribution in [0.5, 0.6) is 5.75 Å². The molecule has 0 aliphatic heterocycles. The predicted molar refractivity (Wildman–Crippen MR) is 117 cm³/mol. The lowest BCUT2D eigenvalue weighted by molar-refractivity contribution is 0.0941. The number of carbonyl (C=O) groups is 1. The molecule has 1 N–H and O–H groups in total. The number of halogens is 2. The summed E-state index contributed by atoms with van der Waals surface area (Å²) in [5, 5.41) is 7.08. The van der Waals surface area contributed by atoms with E-state index in [2.05, 4.69) is 10.5 Å². The topological polar surface area (TPSA) is 67.6 Å². The Morgan fingerprint density at radius 3 is 2.52 bits per heavy atom. The average molecular weight is 446 g/mol. The summed E-state index contributed by atoms with van der Waals surface area (Å²) in [6, 6.07) is 11.0. The van der Waals surface area contributed by atoms with Crippen molar-refractivity contribution >= 4 is 17.5 Å². The lowest BCUT2D eigenvalue weighted by Crippen LogP contribution is -2.35.